The molecule has 0 aliphatic carbocycles. The van der Waals surface area contributed by atoms with Gasteiger partial charge in [-0.15, -0.1) is 0 Å². The predicted molar refractivity (Wildman–Crippen MR) is 82.2 cm³/mol. The maximum Gasteiger partial charge on any atom is 0.322 e. The first kappa shape index (κ1) is 13.9. The number of urea groups is 1. The standard InChI is InChI=1S/C15H21N5O/c1-9(2)13-5-6-20(13)15(21)17-11-7-12-10(3)18-19(4)14(12)16-8-11/h7-9,13H,5-6H2,1-4H3,(H,17,21). The monoisotopic (exact) mass is 287 g/mol. The van der Waals surface area contributed by atoms with Crippen LogP contribution in [0.15, 0.2) is 12.3 Å². The molecule has 6 nitrogen and oxygen atoms in total. The minimum absolute atomic E-state index is 0.0392. The van der Waals surface area contributed by atoms with E-state index in [2.05, 4.69) is 29.2 Å². The third kappa shape index (κ3) is 2.34. The fraction of sp³-hybridized carbons (Fsp3) is 0.533. The molecule has 1 unspecified atom stereocenters. The summed E-state index contributed by atoms with van der Waals surface area (Å²) >= 11 is 0. The highest BCUT2D eigenvalue weighted by Gasteiger charge is 2.34. The molecule has 1 saturated heterocycles. The normalized spacial score (nSPS) is 18.1. The van der Waals surface area contributed by atoms with Crippen LogP contribution in [0.1, 0.15) is 26.0 Å². The third-order valence-electron chi connectivity index (χ3n) is 4.21. The van der Waals surface area contributed by atoms with Crippen LogP contribution in [-0.4, -0.2) is 38.3 Å². The van der Waals surface area contributed by atoms with Crippen molar-refractivity contribution >= 4 is 22.8 Å². The van der Waals surface area contributed by atoms with Crippen molar-refractivity contribution in [3.63, 3.8) is 0 Å². The third-order valence-corrected chi connectivity index (χ3v) is 4.21. The number of amides is 2. The number of nitrogens with one attached hydrogen (secondary N) is 1. The molecule has 2 aromatic rings. The van der Waals surface area contributed by atoms with Gasteiger partial charge in [0, 0.05) is 25.0 Å². The number of carbonyl (C=O) groups excluding carboxylic acids is 1. The molecule has 1 atom stereocenters. The van der Waals surface area contributed by atoms with E-state index in [9.17, 15) is 4.79 Å². The zero-order valence-electron chi connectivity index (χ0n) is 12.9. The molecule has 1 aliphatic heterocycles. The maximum atomic E-state index is 12.3. The lowest BCUT2D eigenvalue weighted by atomic mass is 9.92. The Kier molecular flexibility index (Phi) is 3.31. The van der Waals surface area contributed by atoms with Crippen molar-refractivity contribution in [3.05, 3.63) is 18.0 Å². The molecule has 0 spiro atoms. The minimum atomic E-state index is -0.0392. The van der Waals surface area contributed by atoms with Crippen molar-refractivity contribution in [2.24, 2.45) is 13.0 Å². The SMILES string of the molecule is Cc1nn(C)c2ncc(NC(=O)N3CCC3C(C)C)cc12. The summed E-state index contributed by atoms with van der Waals surface area (Å²) in [7, 11) is 1.87. The van der Waals surface area contributed by atoms with E-state index in [0.717, 1.165) is 35.4 Å². The molecule has 1 fully saturated rings. The second-order valence-electron chi connectivity index (χ2n) is 6.03. The lowest BCUT2D eigenvalue weighted by Crippen LogP contribution is -2.55. The van der Waals surface area contributed by atoms with Gasteiger partial charge in [-0.1, -0.05) is 13.8 Å². The van der Waals surface area contributed by atoms with Gasteiger partial charge in [0.1, 0.15) is 0 Å². The Morgan fingerprint density at radius 1 is 1.48 bits per heavy atom. The summed E-state index contributed by atoms with van der Waals surface area (Å²) in [4.78, 5) is 18.6. The first-order valence-corrected chi connectivity index (χ1v) is 7.34. The largest absolute Gasteiger partial charge is 0.322 e. The smallest absolute Gasteiger partial charge is 0.321 e. The van der Waals surface area contributed by atoms with E-state index in [1.165, 1.54) is 0 Å². The van der Waals surface area contributed by atoms with Crippen LogP contribution in [0.5, 0.6) is 0 Å². The van der Waals surface area contributed by atoms with Crippen molar-refractivity contribution < 1.29 is 4.79 Å². The summed E-state index contributed by atoms with van der Waals surface area (Å²) in [6, 6.07) is 2.25. The summed E-state index contributed by atoms with van der Waals surface area (Å²) in [6.07, 6.45) is 2.77. The number of fused-ring (bicyclic) bond motifs is 1. The lowest BCUT2D eigenvalue weighted by molar-refractivity contribution is 0.0951. The van der Waals surface area contributed by atoms with Crippen molar-refractivity contribution in [2.75, 3.05) is 11.9 Å². The average molecular weight is 287 g/mol. The summed E-state index contributed by atoms with van der Waals surface area (Å²) in [5, 5.41) is 8.26. The van der Waals surface area contributed by atoms with Gasteiger partial charge in [-0.2, -0.15) is 5.10 Å². The van der Waals surface area contributed by atoms with Crippen molar-refractivity contribution in [2.45, 2.75) is 33.2 Å². The fourth-order valence-electron chi connectivity index (χ4n) is 2.92. The Bertz CT molecular complexity index is 691. The van der Waals surface area contributed by atoms with E-state index < -0.39 is 0 Å². The first-order valence-electron chi connectivity index (χ1n) is 7.34. The minimum Gasteiger partial charge on any atom is -0.321 e. The first-order chi connectivity index (χ1) is 9.97. The summed E-state index contributed by atoms with van der Waals surface area (Å²) < 4.78 is 1.75. The van der Waals surface area contributed by atoms with E-state index in [-0.39, 0.29) is 6.03 Å². The number of rotatable bonds is 2. The molecule has 0 aromatic carbocycles. The number of carbonyl (C=O) groups is 1. The number of anilines is 1. The van der Waals surface area contributed by atoms with Gasteiger partial charge in [0.25, 0.3) is 0 Å². The second kappa shape index (κ2) is 5.02. The van der Waals surface area contributed by atoms with Gasteiger partial charge in [0.05, 0.1) is 17.6 Å². The number of likely N-dealkylation sites (tertiary alicyclic amines) is 1. The molecule has 6 heteroatoms. The molecule has 112 valence electrons. The molecule has 3 heterocycles. The van der Waals surface area contributed by atoms with Gasteiger partial charge in [-0.05, 0) is 25.3 Å². The lowest BCUT2D eigenvalue weighted by Gasteiger charge is -2.43. The Morgan fingerprint density at radius 3 is 2.86 bits per heavy atom. The summed E-state index contributed by atoms with van der Waals surface area (Å²) in [5.41, 5.74) is 2.47. The van der Waals surface area contributed by atoms with Crippen LogP contribution < -0.4 is 5.32 Å². The van der Waals surface area contributed by atoms with Gasteiger partial charge >= 0.3 is 6.03 Å². The van der Waals surface area contributed by atoms with Gasteiger partial charge in [0.2, 0.25) is 0 Å². The van der Waals surface area contributed by atoms with Crippen LogP contribution in [0.25, 0.3) is 11.0 Å². The molecular formula is C15H21N5O. The van der Waals surface area contributed by atoms with Crippen LogP contribution >= 0.6 is 0 Å². The Balaban J connectivity index is 1.79. The highest BCUT2D eigenvalue weighted by molar-refractivity contribution is 5.92. The molecule has 1 aliphatic rings. The molecule has 0 bridgehead atoms. The van der Waals surface area contributed by atoms with Crippen LogP contribution in [0.3, 0.4) is 0 Å². The van der Waals surface area contributed by atoms with Gasteiger partial charge in [-0.25, -0.2) is 9.78 Å². The van der Waals surface area contributed by atoms with Crippen molar-refractivity contribution in [1.29, 1.82) is 0 Å². The van der Waals surface area contributed by atoms with Crippen LogP contribution in [0.2, 0.25) is 0 Å². The van der Waals surface area contributed by atoms with Crippen LogP contribution in [0, 0.1) is 12.8 Å². The topological polar surface area (TPSA) is 63.1 Å². The van der Waals surface area contributed by atoms with Gasteiger partial charge in [0.15, 0.2) is 5.65 Å². The quantitative estimate of drug-likeness (QED) is 0.923. The average Bonchev–Trinajstić information content (AvgIpc) is 2.62. The Morgan fingerprint density at radius 2 is 2.24 bits per heavy atom. The summed E-state index contributed by atoms with van der Waals surface area (Å²) in [5.74, 6) is 0.491. The molecule has 2 aromatic heterocycles. The predicted octanol–water partition coefficient (Wildman–Crippen LogP) is 2.54. The van der Waals surface area contributed by atoms with Crippen LogP contribution in [0.4, 0.5) is 10.5 Å². The molecule has 1 N–H and O–H groups in total. The Hall–Kier alpha value is -2.11. The highest BCUT2D eigenvalue weighted by atomic mass is 16.2. The maximum absolute atomic E-state index is 12.3. The summed E-state index contributed by atoms with van der Waals surface area (Å²) in [6.45, 7) is 7.07. The van der Waals surface area contributed by atoms with E-state index >= 15 is 0 Å². The van der Waals surface area contributed by atoms with Gasteiger partial charge < -0.3 is 10.2 Å². The van der Waals surface area contributed by atoms with E-state index in [1.807, 2.05) is 24.9 Å². The molecule has 3 rings (SSSR count). The van der Waals surface area contributed by atoms with E-state index in [1.54, 1.807) is 10.9 Å². The van der Waals surface area contributed by atoms with Crippen molar-refractivity contribution in [1.82, 2.24) is 19.7 Å². The number of hydrogen-bond donors (Lipinski definition) is 1. The molecule has 21 heavy (non-hydrogen) atoms. The van der Waals surface area contributed by atoms with E-state index in [4.69, 9.17) is 0 Å². The van der Waals surface area contributed by atoms with E-state index in [0.29, 0.717) is 12.0 Å². The fourth-order valence-corrected chi connectivity index (χ4v) is 2.92. The number of nitrogens with zero attached hydrogens (tertiary/aromatic N) is 4. The van der Waals surface area contributed by atoms with Gasteiger partial charge in [-0.3, -0.25) is 4.68 Å². The molecule has 0 saturated carbocycles. The highest BCUT2D eigenvalue weighted by Crippen LogP contribution is 2.26. The van der Waals surface area contributed by atoms with Crippen molar-refractivity contribution in [3.8, 4) is 0 Å². The number of hydrogen-bond acceptors (Lipinski definition) is 3. The number of pyridine rings is 1. The molecular weight excluding hydrogens is 266 g/mol. The molecule has 0 radical (unpaired) electrons. The zero-order valence-corrected chi connectivity index (χ0v) is 12.9. The Labute approximate surface area is 124 Å². The second-order valence-corrected chi connectivity index (χ2v) is 6.03. The zero-order chi connectivity index (χ0) is 15.1. The molecule has 2 amide bonds. The number of aryl methyl sites for hydroxylation is 2. The number of aromatic nitrogens is 3. The van der Waals surface area contributed by atoms with Crippen LogP contribution in [-0.2, 0) is 7.05 Å².